The lowest BCUT2D eigenvalue weighted by atomic mass is 9.95. The molecule has 2 aromatic rings. The van der Waals surface area contributed by atoms with Crippen LogP contribution >= 0.6 is 11.6 Å². The number of carbonyl (C=O) groups is 1. The number of phenolic OH excluding ortho intramolecular Hbond substituents is 1. The zero-order valence-electron chi connectivity index (χ0n) is 11.0. The molecule has 1 aliphatic heterocycles. The summed E-state index contributed by atoms with van der Waals surface area (Å²) >= 11 is 6.05. The Balaban J connectivity index is 2.28. The van der Waals surface area contributed by atoms with E-state index in [1.165, 1.54) is 12.0 Å². The minimum atomic E-state index is -0.437. The second-order valence-corrected chi connectivity index (χ2v) is 5.11. The van der Waals surface area contributed by atoms with Gasteiger partial charge in [0.15, 0.2) is 0 Å². The van der Waals surface area contributed by atoms with Gasteiger partial charge in [-0.2, -0.15) is 0 Å². The maximum Gasteiger partial charge on any atom is 0.414 e. The Morgan fingerprint density at radius 2 is 2.15 bits per heavy atom. The molecule has 4 nitrogen and oxygen atoms in total. The van der Waals surface area contributed by atoms with Gasteiger partial charge in [0.25, 0.3) is 0 Å². The molecule has 0 aromatic heterocycles. The lowest BCUT2D eigenvalue weighted by Gasteiger charge is -2.16. The average Bonchev–Trinajstić information content (AvgIpc) is 2.85. The van der Waals surface area contributed by atoms with Gasteiger partial charge < -0.3 is 9.84 Å². The van der Waals surface area contributed by atoms with Crippen LogP contribution in [0.2, 0.25) is 0 Å². The first-order valence-electron chi connectivity index (χ1n) is 6.33. The second-order valence-electron chi connectivity index (χ2n) is 4.81. The molecule has 0 aliphatic carbocycles. The molecular weight excluding hydrogens is 278 g/mol. The number of alkyl halides is 1. The van der Waals surface area contributed by atoms with Gasteiger partial charge in [-0.25, -0.2) is 4.79 Å². The molecule has 0 saturated carbocycles. The van der Waals surface area contributed by atoms with Crippen LogP contribution in [-0.4, -0.2) is 30.7 Å². The predicted octanol–water partition coefficient (Wildman–Crippen LogP) is 3.45. The number of aromatic hydroxyl groups is 1. The summed E-state index contributed by atoms with van der Waals surface area (Å²) in [5, 5.41) is 11.9. The fraction of sp³-hybridized carbons (Fsp3) is 0.267. The lowest BCUT2D eigenvalue weighted by molar-refractivity contribution is 0.179. The molecule has 0 saturated heterocycles. The van der Waals surface area contributed by atoms with E-state index in [0.717, 1.165) is 16.3 Å². The Morgan fingerprint density at radius 3 is 2.80 bits per heavy atom. The van der Waals surface area contributed by atoms with Crippen LogP contribution in [0, 0.1) is 0 Å². The minimum absolute atomic E-state index is 0.0382. The van der Waals surface area contributed by atoms with Gasteiger partial charge in [0.2, 0.25) is 0 Å². The smallest absolute Gasteiger partial charge is 0.414 e. The van der Waals surface area contributed by atoms with Crippen molar-refractivity contribution in [2.75, 3.05) is 24.4 Å². The standard InChI is InChI=1S/C15H14ClNO3/c1-20-15(19)17-8-9(7-16)14-11-5-3-2-4-10(11)13(18)6-12(14)17/h2-6,9,18H,7-8H2,1H3. The average molecular weight is 292 g/mol. The molecule has 1 aliphatic rings. The van der Waals surface area contributed by atoms with Crippen LogP contribution in [-0.2, 0) is 4.74 Å². The maximum absolute atomic E-state index is 11.9. The van der Waals surface area contributed by atoms with Gasteiger partial charge in [-0.05, 0) is 10.9 Å². The number of nitrogens with zero attached hydrogens (tertiary/aromatic N) is 1. The lowest BCUT2D eigenvalue weighted by Crippen LogP contribution is -2.29. The van der Waals surface area contributed by atoms with Crippen LogP contribution in [0.15, 0.2) is 30.3 Å². The molecule has 0 fully saturated rings. The molecule has 20 heavy (non-hydrogen) atoms. The third kappa shape index (κ3) is 1.79. The van der Waals surface area contributed by atoms with Gasteiger partial charge in [-0.1, -0.05) is 24.3 Å². The van der Waals surface area contributed by atoms with E-state index in [9.17, 15) is 9.90 Å². The number of phenols is 1. The van der Waals surface area contributed by atoms with E-state index in [4.69, 9.17) is 16.3 Å². The normalized spacial score (nSPS) is 17.3. The minimum Gasteiger partial charge on any atom is -0.507 e. The van der Waals surface area contributed by atoms with Gasteiger partial charge in [0, 0.05) is 29.8 Å². The number of amides is 1. The quantitative estimate of drug-likeness (QED) is 0.819. The van der Waals surface area contributed by atoms with Crippen molar-refractivity contribution in [3.63, 3.8) is 0 Å². The summed E-state index contributed by atoms with van der Waals surface area (Å²) in [4.78, 5) is 13.4. The van der Waals surface area contributed by atoms with Crippen LogP contribution in [0.3, 0.4) is 0 Å². The zero-order valence-corrected chi connectivity index (χ0v) is 11.7. The molecule has 0 radical (unpaired) electrons. The van der Waals surface area contributed by atoms with Crippen molar-refractivity contribution in [1.29, 1.82) is 0 Å². The predicted molar refractivity (Wildman–Crippen MR) is 78.8 cm³/mol. The van der Waals surface area contributed by atoms with Crippen molar-refractivity contribution in [3.8, 4) is 5.75 Å². The molecule has 1 unspecified atom stereocenters. The molecule has 104 valence electrons. The third-order valence-corrected chi connectivity index (χ3v) is 4.10. The number of benzene rings is 2. The molecule has 1 amide bonds. The van der Waals surface area contributed by atoms with Crippen LogP contribution < -0.4 is 4.90 Å². The molecule has 5 heteroatoms. The Hall–Kier alpha value is -1.94. The summed E-state index contributed by atoms with van der Waals surface area (Å²) in [5.41, 5.74) is 1.68. The number of ether oxygens (including phenoxy) is 1. The molecule has 1 N–H and O–H groups in total. The van der Waals surface area contributed by atoms with Gasteiger partial charge in [0.05, 0.1) is 12.8 Å². The largest absolute Gasteiger partial charge is 0.507 e. The van der Waals surface area contributed by atoms with Crippen molar-refractivity contribution in [2.24, 2.45) is 0 Å². The van der Waals surface area contributed by atoms with Gasteiger partial charge >= 0.3 is 6.09 Å². The first-order valence-corrected chi connectivity index (χ1v) is 6.87. The number of halogens is 1. The molecule has 3 rings (SSSR count). The summed E-state index contributed by atoms with van der Waals surface area (Å²) in [6, 6.07) is 9.19. The van der Waals surface area contributed by atoms with Crippen molar-refractivity contribution >= 4 is 34.2 Å². The number of rotatable bonds is 1. The molecule has 1 heterocycles. The third-order valence-electron chi connectivity index (χ3n) is 3.73. The van der Waals surface area contributed by atoms with E-state index in [1.807, 2.05) is 24.3 Å². The Morgan fingerprint density at radius 1 is 1.45 bits per heavy atom. The summed E-state index contributed by atoms with van der Waals surface area (Å²) < 4.78 is 4.80. The van der Waals surface area contributed by atoms with Crippen LogP contribution in [0.4, 0.5) is 10.5 Å². The van der Waals surface area contributed by atoms with Crippen molar-refractivity contribution in [3.05, 3.63) is 35.9 Å². The van der Waals surface area contributed by atoms with Crippen LogP contribution in [0.25, 0.3) is 10.8 Å². The highest BCUT2D eigenvalue weighted by Gasteiger charge is 2.34. The highest BCUT2D eigenvalue weighted by molar-refractivity contribution is 6.19. The molecule has 0 spiro atoms. The van der Waals surface area contributed by atoms with Gasteiger partial charge in [0.1, 0.15) is 5.75 Å². The highest BCUT2D eigenvalue weighted by Crippen LogP contribution is 2.45. The van der Waals surface area contributed by atoms with Crippen molar-refractivity contribution in [2.45, 2.75) is 5.92 Å². The topological polar surface area (TPSA) is 49.8 Å². The molecule has 0 bridgehead atoms. The van der Waals surface area contributed by atoms with Crippen LogP contribution in [0.1, 0.15) is 11.5 Å². The fourth-order valence-corrected chi connectivity index (χ4v) is 3.09. The van der Waals surface area contributed by atoms with Gasteiger partial charge in [-0.15, -0.1) is 11.6 Å². The van der Waals surface area contributed by atoms with E-state index in [0.29, 0.717) is 18.1 Å². The molecule has 1 atom stereocenters. The Labute approximate surface area is 121 Å². The first kappa shape index (κ1) is 13.1. The Bertz CT molecular complexity index is 686. The monoisotopic (exact) mass is 291 g/mol. The van der Waals surface area contributed by atoms with E-state index in [-0.39, 0.29) is 11.7 Å². The zero-order chi connectivity index (χ0) is 14.3. The first-order chi connectivity index (χ1) is 9.67. The van der Waals surface area contributed by atoms with Crippen LogP contribution in [0.5, 0.6) is 5.75 Å². The van der Waals surface area contributed by atoms with E-state index in [2.05, 4.69) is 0 Å². The molecular formula is C15H14ClNO3. The number of fused-ring (bicyclic) bond motifs is 3. The SMILES string of the molecule is COC(=O)N1CC(CCl)c2c1cc(O)c1ccccc21. The van der Waals surface area contributed by atoms with E-state index < -0.39 is 6.09 Å². The van der Waals surface area contributed by atoms with Crippen molar-refractivity contribution < 1.29 is 14.6 Å². The number of hydrogen-bond donors (Lipinski definition) is 1. The number of carbonyl (C=O) groups excluding carboxylic acids is 1. The van der Waals surface area contributed by atoms with Gasteiger partial charge in [-0.3, -0.25) is 4.90 Å². The second kappa shape index (κ2) is 4.87. The summed E-state index contributed by atoms with van der Waals surface area (Å²) in [5.74, 6) is 0.606. The fourth-order valence-electron chi connectivity index (χ4n) is 2.84. The Kier molecular flexibility index (Phi) is 3.18. The summed E-state index contributed by atoms with van der Waals surface area (Å²) in [7, 11) is 1.34. The number of methoxy groups -OCH3 is 1. The van der Waals surface area contributed by atoms with E-state index in [1.54, 1.807) is 6.07 Å². The summed E-state index contributed by atoms with van der Waals surface area (Å²) in [6.45, 7) is 0.471. The van der Waals surface area contributed by atoms with Crippen molar-refractivity contribution in [1.82, 2.24) is 0 Å². The maximum atomic E-state index is 11.9. The number of hydrogen-bond acceptors (Lipinski definition) is 3. The summed E-state index contributed by atoms with van der Waals surface area (Å²) in [6.07, 6.45) is -0.437. The number of anilines is 1. The van der Waals surface area contributed by atoms with E-state index >= 15 is 0 Å². The molecule has 2 aromatic carbocycles. The highest BCUT2D eigenvalue weighted by atomic mass is 35.5.